The van der Waals surface area contributed by atoms with Crippen LogP contribution < -0.4 is 0 Å². The van der Waals surface area contributed by atoms with Gasteiger partial charge in [-0.05, 0) is 35.9 Å². The maximum Gasteiger partial charge on any atom is 0.337 e. The Morgan fingerprint density at radius 3 is 2.00 bits per heavy atom. The third-order valence-electron chi connectivity index (χ3n) is 2.90. The van der Waals surface area contributed by atoms with Crippen molar-refractivity contribution in [2.75, 3.05) is 7.11 Å². The van der Waals surface area contributed by atoms with Gasteiger partial charge in [-0.2, -0.15) is 10.5 Å². The van der Waals surface area contributed by atoms with Crippen molar-refractivity contribution in [3.05, 3.63) is 58.7 Å². The maximum atomic E-state index is 10.9. The average molecular weight is 326 g/mol. The molecule has 2 rings (SSSR count). The molecule has 0 heterocycles. The fraction of sp³-hybridized carbons (Fsp3) is 0.118. The van der Waals surface area contributed by atoms with Crippen molar-refractivity contribution in [3.63, 3.8) is 0 Å². The number of phenols is 2. The largest absolute Gasteiger partial charge is 0.507 e. The molecular weight excluding hydrogens is 312 g/mol. The van der Waals surface area contributed by atoms with Gasteiger partial charge in [0.15, 0.2) is 0 Å². The fourth-order valence-electron chi connectivity index (χ4n) is 1.64. The number of ether oxygens (including phenoxy) is 1. The number of rotatable bonds is 2. The molecule has 0 aliphatic carbocycles. The third kappa shape index (κ3) is 4.73. The third-order valence-corrected chi connectivity index (χ3v) is 2.90. The smallest absolute Gasteiger partial charge is 0.337 e. The summed E-state index contributed by atoms with van der Waals surface area (Å²) in [5, 5.41) is 43.8. The van der Waals surface area contributed by atoms with E-state index in [-0.39, 0.29) is 34.8 Å². The fourth-order valence-corrected chi connectivity index (χ4v) is 1.64. The zero-order chi connectivity index (χ0) is 18.1. The minimum Gasteiger partial charge on any atom is -0.507 e. The van der Waals surface area contributed by atoms with Crippen molar-refractivity contribution in [1.29, 1.82) is 10.5 Å². The zero-order valence-corrected chi connectivity index (χ0v) is 12.7. The highest BCUT2D eigenvalue weighted by atomic mass is 16.5. The number of nitriles is 2. The molecule has 0 radical (unpaired) electrons. The van der Waals surface area contributed by atoms with Gasteiger partial charge in [0, 0.05) is 0 Å². The number of methoxy groups -OCH3 is 1. The molecule has 7 nitrogen and oxygen atoms in total. The van der Waals surface area contributed by atoms with E-state index in [4.69, 9.17) is 20.7 Å². The molecule has 0 saturated carbocycles. The van der Waals surface area contributed by atoms with Crippen LogP contribution in [0.2, 0.25) is 0 Å². The van der Waals surface area contributed by atoms with E-state index in [0.29, 0.717) is 5.56 Å². The first-order valence-electron chi connectivity index (χ1n) is 6.61. The number of aromatic hydroxyl groups is 2. The van der Waals surface area contributed by atoms with Gasteiger partial charge in [-0.3, -0.25) is 0 Å². The van der Waals surface area contributed by atoms with Gasteiger partial charge in [0.25, 0.3) is 0 Å². The lowest BCUT2D eigenvalue weighted by Crippen LogP contribution is -2.00. The Balaban J connectivity index is 0.000000243. The summed E-state index contributed by atoms with van der Waals surface area (Å²) in [6.45, 7) is -0.126. The van der Waals surface area contributed by atoms with Gasteiger partial charge < -0.3 is 20.1 Å². The topological polar surface area (TPSA) is 135 Å². The second-order valence-electron chi connectivity index (χ2n) is 4.46. The number of benzene rings is 2. The molecule has 0 aromatic heterocycles. The summed E-state index contributed by atoms with van der Waals surface area (Å²) in [6.07, 6.45) is 0. The first-order chi connectivity index (χ1) is 11.5. The number of hydrogen-bond acceptors (Lipinski definition) is 7. The van der Waals surface area contributed by atoms with Crippen LogP contribution >= 0.6 is 0 Å². The number of phenolic OH excluding ortho intramolecular Hbond substituents is 2. The Kier molecular flexibility index (Phi) is 6.77. The Hall–Kier alpha value is -3.55. The average Bonchev–Trinajstić information content (AvgIpc) is 2.61. The molecule has 0 saturated heterocycles. The highest BCUT2D eigenvalue weighted by Crippen LogP contribution is 2.18. The number of carbonyl (C=O) groups is 1. The lowest BCUT2D eigenvalue weighted by atomic mass is 10.1. The molecule has 0 unspecified atom stereocenters. The van der Waals surface area contributed by atoms with Crippen LogP contribution in [0.25, 0.3) is 0 Å². The summed E-state index contributed by atoms with van der Waals surface area (Å²) < 4.78 is 4.43. The molecule has 0 bridgehead atoms. The van der Waals surface area contributed by atoms with Crippen molar-refractivity contribution >= 4 is 5.97 Å². The molecule has 24 heavy (non-hydrogen) atoms. The molecule has 2 aromatic rings. The van der Waals surface area contributed by atoms with Crippen LogP contribution in [0.5, 0.6) is 11.5 Å². The van der Waals surface area contributed by atoms with Gasteiger partial charge in [0.2, 0.25) is 0 Å². The van der Waals surface area contributed by atoms with Crippen molar-refractivity contribution in [3.8, 4) is 23.6 Å². The number of aliphatic hydroxyl groups excluding tert-OH is 1. The Morgan fingerprint density at radius 1 is 1.04 bits per heavy atom. The van der Waals surface area contributed by atoms with Gasteiger partial charge >= 0.3 is 5.97 Å². The van der Waals surface area contributed by atoms with E-state index in [0.717, 1.165) is 0 Å². The molecule has 0 aliphatic heterocycles. The molecule has 122 valence electrons. The second kappa shape index (κ2) is 8.79. The van der Waals surface area contributed by atoms with Crippen LogP contribution in [0.4, 0.5) is 0 Å². The molecule has 0 aliphatic rings. The molecule has 0 fully saturated rings. The predicted molar refractivity (Wildman–Crippen MR) is 82.9 cm³/mol. The second-order valence-corrected chi connectivity index (χ2v) is 4.46. The summed E-state index contributed by atoms with van der Waals surface area (Å²) >= 11 is 0. The number of carbonyl (C=O) groups excluding carboxylic acids is 1. The predicted octanol–water partition coefficient (Wildman–Crippen LogP) is 1.81. The van der Waals surface area contributed by atoms with E-state index in [1.807, 2.05) is 6.07 Å². The van der Waals surface area contributed by atoms with Crippen molar-refractivity contribution < 1.29 is 24.9 Å². The van der Waals surface area contributed by atoms with E-state index in [9.17, 15) is 9.90 Å². The van der Waals surface area contributed by atoms with E-state index in [1.165, 1.54) is 37.4 Å². The van der Waals surface area contributed by atoms with Gasteiger partial charge in [0.05, 0.1) is 30.4 Å². The minimum atomic E-state index is -0.542. The van der Waals surface area contributed by atoms with Crippen molar-refractivity contribution in [2.24, 2.45) is 0 Å². The molecule has 0 spiro atoms. The molecule has 2 aromatic carbocycles. The van der Waals surface area contributed by atoms with Crippen LogP contribution in [0.15, 0.2) is 36.4 Å². The van der Waals surface area contributed by atoms with Gasteiger partial charge in [-0.25, -0.2) is 4.79 Å². The summed E-state index contributed by atoms with van der Waals surface area (Å²) in [7, 11) is 1.25. The number of aliphatic hydroxyl groups is 1. The Bertz CT molecular complexity index is 819. The molecule has 0 amide bonds. The Labute approximate surface area is 138 Å². The minimum absolute atomic E-state index is 0.0842. The Morgan fingerprint density at radius 2 is 1.58 bits per heavy atom. The summed E-state index contributed by atoms with van der Waals surface area (Å²) in [5.41, 5.74) is 1.18. The van der Waals surface area contributed by atoms with Gasteiger partial charge in [-0.15, -0.1) is 0 Å². The molecule has 7 heteroatoms. The number of esters is 1. The first kappa shape index (κ1) is 18.5. The van der Waals surface area contributed by atoms with Crippen LogP contribution in [0, 0.1) is 22.7 Å². The van der Waals surface area contributed by atoms with E-state index in [1.54, 1.807) is 12.1 Å². The normalized spacial score (nSPS) is 9.00. The summed E-state index contributed by atoms with van der Waals surface area (Å²) in [6, 6.07) is 12.0. The van der Waals surface area contributed by atoms with Gasteiger partial charge in [0.1, 0.15) is 23.6 Å². The number of nitrogens with zero attached hydrogens (tertiary/aromatic N) is 2. The van der Waals surface area contributed by atoms with Crippen molar-refractivity contribution in [2.45, 2.75) is 6.61 Å². The van der Waals surface area contributed by atoms with E-state index in [2.05, 4.69) is 4.74 Å². The summed E-state index contributed by atoms with van der Waals surface area (Å²) in [4.78, 5) is 10.9. The highest BCUT2D eigenvalue weighted by molar-refractivity contribution is 5.90. The quantitative estimate of drug-likeness (QED) is 0.716. The standard InChI is InChI=1S/C9H7NO3.C8H7NO2/c1-13-9(12)6-2-3-7(5-10)8(11)4-6;9-4-7-2-1-6(5-10)3-8(7)11/h2-4,11H,1H3;1-3,10-11H,5H2. The van der Waals surface area contributed by atoms with Crippen LogP contribution in [0.1, 0.15) is 27.0 Å². The van der Waals surface area contributed by atoms with E-state index < -0.39 is 5.97 Å². The SMILES string of the molecule is COC(=O)c1ccc(C#N)c(O)c1.N#Cc1ccc(CO)cc1O. The lowest BCUT2D eigenvalue weighted by Gasteiger charge is -2.00. The van der Waals surface area contributed by atoms with Crippen LogP contribution in [-0.4, -0.2) is 28.4 Å². The highest BCUT2D eigenvalue weighted by Gasteiger charge is 2.08. The molecule has 0 atom stereocenters. The van der Waals surface area contributed by atoms with Gasteiger partial charge in [-0.1, -0.05) is 6.07 Å². The monoisotopic (exact) mass is 326 g/mol. The van der Waals surface area contributed by atoms with E-state index >= 15 is 0 Å². The summed E-state index contributed by atoms with van der Waals surface area (Å²) in [5.74, 6) is -0.843. The molecule has 3 N–H and O–H groups in total. The lowest BCUT2D eigenvalue weighted by molar-refractivity contribution is 0.0600. The van der Waals surface area contributed by atoms with Crippen LogP contribution in [0.3, 0.4) is 0 Å². The van der Waals surface area contributed by atoms with Crippen LogP contribution in [-0.2, 0) is 11.3 Å². The zero-order valence-electron chi connectivity index (χ0n) is 12.7. The maximum absolute atomic E-state index is 10.9. The van der Waals surface area contributed by atoms with Crippen molar-refractivity contribution in [1.82, 2.24) is 0 Å². The molecular formula is C17H14N2O5. The number of hydrogen-bond donors (Lipinski definition) is 3. The first-order valence-corrected chi connectivity index (χ1v) is 6.61.